The van der Waals surface area contributed by atoms with E-state index in [-0.39, 0.29) is 5.91 Å². The minimum atomic E-state index is 0.229. The molecule has 3 fully saturated rings. The lowest BCUT2D eigenvalue weighted by molar-refractivity contribution is -0.132. The molecule has 0 N–H and O–H groups in total. The average Bonchev–Trinajstić information content (AvgIpc) is 3.43. The predicted molar refractivity (Wildman–Crippen MR) is 105 cm³/mol. The maximum absolute atomic E-state index is 12.6. The molecule has 1 amide bonds. The summed E-state index contributed by atoms with van der Waals surface area (Å²) in [6.07, 6.45) is 9.39. The molecule has 2 aliphatic heterocycles. The zero-order valence-corrected chi connectivity index (χ0v) is 17.0. The molecule has 2 saturated heterocycles. The van der Waals surface area contributed by atoms with Gasteiger partial charge in [-0.3, -0.25) is 9.69 Å². The van der Waals surface area contributed by atoms with Gasteiger partial charge in [-0.1, -0.05) is 18.0 Å². The molecule has 156 valence electrons. The minimum Gasteiger partial charge on any atom is -0.379 e. The third kappa shape index (κ3) is 5.32. The molecular weight excluding hydrogens is 356 g/mol. The topological polar surface area (TPSA) is 71.7 Å². The fraction of sp³-hybridized carbons (Fsp3) is 0.857. The Hall–Kier alpha value is -1.47. The number of hydrogen-bond donors (Lipinski definition) is 0. The number of rotatable bonds is 7. The van der Waals surface area contributed by atoms with E-state index in [1.54, 1.807) is 0 Å². The summed E-state index contributed by atoms with van der Waals surface area (Å²) in [5, 5.41) is 4.13. The van der Waals surface area contributed by atoms with Crippen LogP contribution in [0.1, 0.15) is 69.0 Å². The van der Waals surface area contributed by atoms with Gasteiger partial charge in [-0.25, -0.2) is 0 Å². The van der Waals surface area contributed by atoms with Gasteiger partial charge in [-0.05, 0) is 44.6 Å². The Morgan fingerprint density at radius 3 is 2.54 bits per heavy atom. The standard InChI is InChI=1S/C21H34N4O3/c26-20(6-5-19-22-21(23-28-19)18-3-1-2-4-18)25-11-8-17(9-12-25)7-10-24-13-15-27-16-14-24/h17-18H,1-16H2. The van der Waals surface area contributed by atoms with Crippen LogP contribution in [0.2, 0.25) is 0 Å². The van der Waals surface area contributed by atoms with Crippen LogP contribution in [0.3, 0.4) is 0 Å². The van der Waals surface area contributed by atoms with Crippen molar-refractivity contribution in [1.29, 1.82) is 0 Å². The van der Waals surface area contributed by atoms with Crippen molar-refractivity contribution in [3.8, 4) is 0 Å². The normalized spacial score (nSPS) is 22.8. The summed E-state index contributed by atoms with van der Waals surface area (Å²) >= 11 is 0. The number of carbonyl (C=O) groups is 1. The predicted octanol–water partition coefficient (Wildman–Crippen LogP) is 2.62. The lowest BCUT2D eigenvalue weighted by atomic mass is 9.93. The van der Waals surface area contributed by atoms with Gasteiger partial charge in [0.1, 0.15) is 0 Å². The van der Waals surface area contributed by atoms with E-state index in [0.717, 1.165) is 64.0 Å². The quantitative estimate of drug-likeness (QED) is 0.713. The number of nitrogens with zero attached hydrogens (tertiary/aromatic N) is 4. The zero-order chi connectivity index (χ0) is 19.2. The number of amides is 1. The van der Waals surface area contributed by atoms with E-state index < -0.39 is 0 Å². The van der Waals surface area contributed by atoms with Crippen molar-refractivity contribution < 1.29 is 14.1 Å². The highest BCUT2D eigenvalue weighted by atomic mass is 16.5. The van der Waals surface area contributed by atoms with E-state index in [2.05, 4.69) is 15.0 Å². The maximum Gasteiger partial charge on any atom is 0.227 e. The Morgan fingerprint density at radius 1 is 1.04 bits per heavy atom. The molecule has 1 aromatic rings. The van der Waals surface area contributed by atoms with Crippen LogP contribution in [-0.4, -0.2) is 71.8 Å². The van der Waals surface area contributed by atoms with E-state index in [1.807, 2.05) is 4.90 Å². The van der Waals surface area contributed by atoms with Crippen LogP contribution in [0, 0.1) is 5.92 Å². The third-order valence-corrected chi connectivity index (χ3v) is 6.68. The monoisotopic (exact) mass is 390 g/mol. The second kappa shape index (κ2) is 9.83. The number of ether oxygens (including phenoxy) is 1. The third-order valence-electron chi connectivity index (χ3n) is 6.68. The number of piperidine rings is 1. The van der Waals surface area contributed by atoms with Crippen molar-refractivity contribution >= 4 is 5.91 Å². The van der Waals surface area contributed by atoms with Crippen LogP contribution >= 0.6 is 0 Å². The van der Waals surface area contributed by atoms with Crippen LogP contribution in [0.5, 0.6) is 0 Å². The first-order valence-electron chi connectivity index (χ1n) is 11.2. The zero-order valence-electron chi connectivity index (χ0n) is 17.0. The molecule has 3 heterocycles. The van der Waals surface area contributed by atoms with Gasteiger partial charge in [0.05, 0.1) is 13.2 Å². The van der Waals surface area contributed by atoms with Gasteiger partial charge in [0.15, 0.2) is 5.82 Å². The van der Waals surface area contributed by atoms with Gasteiger partial charge < -0.3 is 14.2 Å². The molecule has 0 radical (unpaired) electrons. The first-order valence-corrected chi connectivity index (χ1v) is 11.2. The molecule has 0 unspecified atom stereocenters. The Labute approximate surface area is 167 Å². The Balaban J connectivity index is 1.14. The van der Waals surface area contributed by atoms with Gasteiger partial charge in [-0.15, -0.1) is 0 Å². The Morgan fingerprint density at radius 2 is 1.79 bits per heavy atom. The highest BCUT2D eigenvalue weighted by Crippen LogP contribution is 2.32. The molecule has 0 atom stereocenters. The van der Waals surface area contributed by atoms with Gasteiger partial charge in [0.2, 0.25) is 11.8 Å². The highest BCUT2D eigenvalue weighted by Gasteiger charge is 2.25. The summed E-state index contributed by atoms with van der Waals surface area (Å²) in [4.78, 5) is 21.6. The summed E-state index contributed by atoms with van der Waals surface area (Å²) in [5.41, 5.74) is 0. The van der Waals surface area contributed by atoms with Crippen molar-refractivity contribution in [3.63, 3.8) is 0 Å². The molecule has 7 nitrogen and oxygen atoms in total. The van der Waals surface area contributed by atoms with E-state index in [4.69, 9.17) is 9.26 Å². The summed E-state index contributed by atoms with van der Waals surface area (Å²) in [6, 6.07) is 0. The summed E-state index contributed by atoms with van der Waals surface area (Å²) < 4.78 is 10.8. The van der Waals surface area contributed by atoms with Crippen LogP contribution in [0.4, 0.5) is 0 Å². The lowest BCUT2D eigenvalue weighted by Gasteiger charge is -2.34. The van der Waals surface area contributed by atoms with Crippen LogP contribution in [0.25, 0.3) is 0 Å². The molecule has 4 rings (SSSR count). The van der Waals surface area contributed by atoms with Crippen molar-refractivity contribution in [2.75, 3.05) is 45.9 Å². The lowest BCUT2D eigenvalue weighted by Crippen LogP contribution is -2.40. The second-order valence-corrected chi connectivity index (χ2v) is 8.59. The fourth-order valence-corrected chi connectivity index (χ4v) is 4.75. The molecule has 28 heavy (non-hydrogen) atoms. The van der Waals surface area contributed by atoms with Gasteiger partial charge in [0.25, 0.3) is 0 Å². The molecule has 1 aliphatic carbocycles. The molecule has 1 aromatic heterocycles. The van der Waals surface area contributed by atoms with Gasteiger partial charge in [0, 0.05) is 44.9 Å². The SMILES string of the molecule is O=C(CCc1nc(C2CCCC2)no1)N1CCC(CCN2CCOCC2)CC1. The summed E-state index contributed by atoms with van der Waals surface area (Å²) in [5.74, 6) is 2.91. The molecule has 0 bridgehead atoms. The first-order chi connectivity index (χ1) is 13.8. The molecule has 3 aliphatic rings. The van der Waals surface area contributed by atoms with Gasteiger partial charge in [-0.2, -0.15) is 4.98 Å². The van der Waals surface area contributed by atoms with Gasteiger partial charge >= 0.3 is 0 Å². The van der Waals surface area contributed by atoms with Crippen molar-refractivity contribution in [3.05, 3.63) is 11.7 Å². The van der Waals surface area contributed by atoms with Crippen LogP contribution in [-0.2, 0) is 16.0 Å². The summed E-state index contributed by atoms with van der Waals surface area (Å²) in [6.45, 7) is 6.82. The fourth-order valence-electron chi connectivity index (χ4n) is 4.75. The van der Waals surface area contributed by atoms with Crippen LogP contribution < -0.4 is 0 Å². The number of carbonyl (C=O) groups excluding carboxylic acids is 1. The number of likely N-dealkylation sites (tertiary alicyclic amines) is 1. The number of morpholine rings is 1. The van der Waals surface area contributed by atoms with E-state index in [0.29, 0.717) is 24.7 Å². The van der Waals surface area contributed by atoms with E-state index in [9.17, 15) is 4.79 Å². The maximum atomic E-state index is 12.6. The first kappa shape index (κ1) is 19.8. The number of aryl methyl sites for hydroxylation is 1. The van der Waals surface area contributed by atoms with Crippen molar-refractivity contribution in [2.45, 2.75) is 63.7 Å². The highest BCUT2D eigenvalue weighted by molar-refractivity contribution is 5.76. The van der Waals surface area contributed by atoms with E-state index in [1.165, 1.54) is 38.6 Å². The second-order valence-electron chi connectivity index (χ2n) is 8.59. The minimum absolute atomic E-state index is 0.229. The smallest absolute Gasteiger partial charge is 0.227 e. The molecule has 7 heteroatoms. The van der Waals surface area contributed by atoms with Crippen LogP contribution in [0.15, 0.2) is 4.52 Å². The molecule has 1 saturated carbocycles. The number of aromatic nitrogens is 2. The average molecular weight is 391 g/mol. The summed E-state index contributed by atoms with van der Waals surface area (Å²) in [7, 11) is 0. The Kier molecular flexibility index (Phi) is 6.96. The van der Waals surface area contributed by atoms with E-state index >= 15 is 0 Å². The largest absolute Gasteiger partial charge is 0.379 e. The Bertz CT molecular complexity index is 615. The van der Waals surface area contributed by atoms with Crippen molar-refractivity contribution in [1.82, 2.24) is 19.9 Å². The number of hydrogen-bond acceptors (Lipinski definition) is 6. The van der Waals surface area contributed by atoms with Crippen molar-refractivity contribution in [2.24, 2.45) is 5.92 Å². The molecule has 0 spiro atoms. The molecule has 0 aromatic carbocycles. The molecular formula is C21H34N4O3.